The van der Waals surface area contributed by atoms with Crippen molar-refractivity contribution >= 4 is 21.8 Å². The first-order valence-corrected chi connectivity index (χ1v) is 10.6. The first-order chi connectivity index (χ1) is 13.7. The minimum Gasteiger partial charge on any atom is -0.483 e. The maximum absolute atomic E-state index is 12.2. The monoisotopic (exact) mass is 419 g/mol. The first kappa shape index (κ1) is 22.4. The lowest BCUT2D eigenvalue weighted by Gasteiger charge is -2.12. The third kappa shape index (κ3) is 6.58. The van der Waals surface area contributed by atoms with Gasteiger partial charge in [0.05, 0.1) is 4.90 Å². The summed E-state index contributed by atoms with van der Waals surface area (Å²) >= 11 is 0. The summed E-state index contributed by atoms with van der Waals surface area (Å²) in [4.78, 5) is 24.0. The maximum atomic E-state index is 12.2. The second-order valence-electron chi connectivity index (χ2n) is 6.51. The highest BCUT2D eigenvalue weighted by Gasteiger charge is 2.17. The molecule has 0 saturated heterocycles. The van der Waals surface area contributed by atoms with Crippen LogP contribution in [0.5, 0.6) is 5.75 Å². The summed E-state index contributed by atoms with van der Waals surface area (Å²) in [5, 5.41) is 0. The van der Waals surface area contributed by atoms with Crippen LogP contribution in [-0.4, -0.2) is 32.9 Å². The van der Waals surface area contributed by atoms with Gasteiger partial charge in [0.1, 0.15) is 5.75 Å². The zero-order valence-electron chi connectivity index (χ0n) is 16.6. The Labute approximate surface area is 170 Å². The molecule has 1 atom stereocenters. The molecule has 2 aromatic rings. The molecule has 156 valence electrons. The Morgan fingerprint density at radius 1 is 1.03 bits per heavy atom. The van der Waals surface area contributed by atoms with E-state index < -0.39 is 21.8 Å². The van der Waals surface area contributed by atoms with Gasteiger partial charge >= 0.3 is 0 Å². The van der Waals surface area contributed by atoms with E-state index in [-0.39, 0.29) is 23.1 Å². The lowest BCUT2D eigenvalue weighted by molar-refractivity contribution is -0.123. The van der Waals surface area contributed by atoms with Crippen LogP contribution >= 0.6 is 0 Å². The van der Waals surface area contributed by atoms with Crippen LogP contribution in [-0.2, 0) is 14.8 Å². The van der Waals surface area contributed by atoms with Gasteiger partial charge in [-0.1, -0.05) is 25.1 Å². The fourth-order valence-electron chi connectivity index (χ4n) is 2.30. The number of carbonyl (C=O) groups is 2. The third-order valence-corrected chi connectivity index (χ3v) is 5.77. The smallest absolute Gasteiger partial charge is 0.276 e. The van der Waals surface area contributed by atoms with Gasteiger partial charge in [0, 0.05) is 11.6 Å². The number of para-hydroxylation sites is 1. The largest absolute Gasteiger partial charge is 0.483 e. The van der Waals surface area contributed by atoms with E-state index in [1.165, 1.54) is 24.3 Å². The minimum absolute atomic E-state index is 0.0602. The van der Waals surface area contributed by atoms with Gasteiger partial charge in [-0.3, -0.25) is 20.4 Å². The molecule has 0 heterocycles. The molecule has 0 unspecified atom stereocenters. The predicted octanol–water partition coefficient (Wildman–Crippen LogP) is 1.91. The van der Waals surface area contributed by atoms with Crippen LogP contribution < -0.4 is 20.3 Å². The molecular formula is C20H25N3O5S. The maximum Gasteiger partial charge on any atom is 0.276 e. The number of nitrogens with one attached hydrogen (secondary N) is 3. The molecule has 9 heteroatoms. The number of hydrazine groups is 1. The van der Waals surface area contributed by atoms with E-state index in [0.29, 0.717) is 12.2 Å². The molecule has 0 aliphatic carbocycles. The molecular weight excluding hydrogens is 394 g/mol. The topological polar surface area (TPSA) is 114 Å². The van der Waals surface area contributed by atoms with Gasteiger partial charge in [-0.15, -0.1) is 0 Å². The second-order valence-corrected chi connectivity index (χ2v) is 8.23. The predicted molar refractivity (Wildman–Crippen MR) is 109 cm³/mol. The molecule has 0 aliphatic rings. The van der Waals surface area contributed by atoms with E-state index >= 15 is 0 Å². The van der Waals surface area contributed by atoms with Gasteiger partial charge in [-0.25, -0.2) is 13.1 Å². The second kappa shape index (κ2) is 10.0. The number of rotatable bonds is 8. The zero-order chi connectivity index (χ0) is 21.4. The van der Waals surface area contributed by atoms with Crippen molar-refractivity contribution in [3.8, 4) is 5.75 Å². The van der Waals surface area contributed by atoms with Crippen molar-refractivity contribution in [3.63, 3.8) is 0 Å². The van der Waals surface area contributed by atoms with Crippen LogP contribution in [0.15, 0.2) is 53.4 Å². The third-order valence-electron chi connectivity index (χ3n) is 4.16. The zero-order valence-corrected chi connectivity index (χ0v) is 17.4. The average molecular weight is 420 g/mol. The van der Waals surface area contributed by atoms with Crippen molar-refractivity contribution in [1.82, 2.24) is 15.6 Å². The summed E-state index contributed by atoms with van der Waals surface area (Å²) in [6.07, 6.45) is 0.660. The van der Waals surface area contributed by atoms with Crippen molar-refractivity contribution in [3.05, 3.63) is 59.7 Å². The number of hydrogen-bond acceptors (Lipinski definition) is 5. The number of sulfonamides is 1. The SMILES string of the molecule is CC[C@@H](C)NS(=O)(=O)c1ccc(C(=O)NNC(=O)COc2ccccc2C)cc1. The summed E-state index contributed by atoms with van der Waals surface area (Å²) in [6, 6.07) is 12.5. The number of amides is 2. The number of aryl methyl sites for hydroxylation is 1. The van der Waals surface area contributed by atoms with Crippen molar-refractivity contribution in [2.45, 2.75) is 38.1 Å². The molecule has 0 spiro atoms. The van der Waals surface area contributed by atoms with Crippen molar-refractivity contribution < 1.29 is 22.7 Å². The molecule has 3 N–H and O–H groups in total. The molecule has 0 radical (unpaired) electrons. The highest BCUT2D eigenvalue weighted by atomic mass is 32.2. The summed E-state index contributed by atoms with van der Waals surface area (Å²) in [7, 11) is -3.65. The molecule has 2 amide bonds. The highest BCUT2D eigenvalue weighted by molar-refractivity contribution is 7.89. The average Bonchev–Trinajstić information content (AvgIpc) is 2.71. The van der Waals surface area contributed by atoms with E-state index in [0.717, 1.165) is 5.56 Å². The number of ether oxygens (including phenoxy) is 1. The normalized spacial score (nSPS) is 12.1. The van der Waals surface area contributed by atoms with Gasteiger partial charge in [0.15, 0.2) is 6.61 Å². The Kier molecular flexibility index (Phi) is 7.74. The standard InChI is InChI=1S/C20H25N3O5S/c1-4-15(3)23-29(26,27)17-11-9-16(10-12-17)20(25)22-21-19(24)13-28-18-8-6-5-7-14(18)2/h5-12,15,23H,4,13H2,1-3H3,(H,21,24)(H,22,25)/t15-/m1/s1. The number of carbonyl (C=O) groups excluding carboxylic acids is 2. The molecule has 29 heavy (non-hydrogen) atoms. The van der Waals surface area contributed by atoms with Crippen molar-refractivity contribution in [2.24, 2.45) is 0 Å². The summed E-state index contributed by atoms with van der Waals surface area (Å²) in [5.41, 5.74) is 5.61. The van der Waals surface area contributed by atoms with Gasteiger partial charge in [0.2, 0.25) is 10.0 Å². The van der Waals surface area contributed by atoms with E-state index in [2.05, 4.69) is 15.6 Å². The molecule has 0 aliphatic heterocycles. The van der Waals surface area contributed by atoms with Crippen molar-refractivity contribution in [1.29, 1.82) is 0 Å². The van der Waals surface area contributed by atoms with Crippen LogP contribution in [0.2, 0.25) is 0 Å². The first-order valence-electron chi connectivity index (χ1n) is 9.13. The van der Waals surface area contributed by atoms with E-state index in [9.17, 15) is 18.0 Å². The van der Waals surface area contributed by atoms with E-state index in [1.54, 1.807) is 19.1 Å². The fraction of sp³-hybridized carbons (Fsp3) is 0.300. The summed E-state index contributed by atoms with van der Waals surface area (Å²) in [6.45, 7) is 5.24. The van der Waals surface area contributed by atoms with Crippen LogP contribution in [0.25, 0.3) is 0 Å². The fourth-order valence-corrected chi connectivity index (χ4v) is 3.62. The van der Waals surface area contributed by atoms with Crippen LogP contribution in [0.1, 0.15) is 36.2 Å². The lowest BCUT2D eigenvalue weighted by atomic mass is 10.2. The molecule has 0 saturated carbocycles. The Balaban J connectivity index is 1.87. The van der Waals surface area contributed by atoms with Gasteiger partial charge in [-0.2, -0.15) is 0 Å². The Morgan fingerprint density at radius 2 is 1.69 bits per heavy atom. The molecule has 8 nitrogen and oxygen atoms in total. The number of hydrogen-bond donors (Lipinski definition) is 3. The van der Waals surface area contributed by atoms with Gasteiger partial charge in [-0.05, 0) is 56.2 Å². The Hall–Kier alpha value is -2.91. The summed E-state index contributed by atoms with van der Waals surface area (Å²) in [5.74, 6) is -0.525. The van der Waals surface area contributed by atoms with Crippen LogP contribution in [0.4, 0.5) is 0 Å². The Bertz CT molecular complexity index is 958. The van der Waals surface area contributed by atoms with Crippen LogP contribution in [0.3, 0.4) is 0 Å². The number of benzene rings is 2. The van der Waals surface area contributed by atoms with E-state index in [4.69, 9.17) is 4.74 Å². The molecule has 0 aromatic heterocycles. The van der Waals surface area contributed by atoms with Crippen LogP contribution in [0, 0.1) is 6.92 Å². The minimum atomic E-state index is -3.65. The highest BCUT2D eigenvalue weighted by Crippen LogP contribution is 2.15. The molecule has 2 rings (SSSR count). The lowest BCUT2D eigenvalue weighted by Crippen LogP contribution is -2.43. The molecule has 0 fully saturated rings. The molecule has 0 bridgehead atoms. The van der Waals surface area contributed by atoms with Gasteiger partial charge < -0.3 is 4.74 Å². The summed E-state index contributed by atoms with van der Waals surface area (Å²) < 4.78 is 32.4. The van der Waals surface area contributed by atoms with Gasteiger partial charge in [0.25, 0.3) is 11.8 Å². The van der Waals surface area contributed by atoms with Crippen molar-refractivity contribution in [2.75, 3.05) is 6.61 Å². The Morgan fingerprint density at radius 3 is 2.31 bits per heavy atom. The quantitative estimate of drug-likeness (QED) is 0.566. The molecule has 2 aromatic carbocycles. The van der Waals surface area contributed by atoms with E-state index in [1.807, 2.05) is 26.0 Å².